The van der Waals surface area contributed by atoms with E-state index in [4.69, 9.17) is 16.1 Å². The molecule has 3 rings (SSSR count). The van der Waals surface area contributed by atoms with E-state index < -0.39 is 6.04 Å². The molecule has 0 spiro atoms. The highest BCUT2D eigenvalue weighted by Crippen LogP contribution is 2.21. The molecular formula is C18H16ClN3O2. The van der Waals surface area contributed by atoms with E-state index in [1.54, 1.807) is 31.2 Å². The summed E-state index contributed by atoms with van der Waals surface area (Å²) in [5.74, 6) is 0.583. The summed E-state index contributed by atoms with van der Waals surface area (Å²) in [6.07, 6.45) is 0. The molecule has 5 nitrogen and oxygen atoms in total. The summed E-state index contributed by atoms with van der Waals surface area (Å²) in [5, 5.41) is 7.39. The highest BCUT2D eigenvalue weighted by atomic mass is 35.5. The van der Waals surface area contributed by atoms with Crippen LogP contribution in [0.1, 0.15) is 34.8 Å². The van der Waals surface area contributed by atoms with Gasteiger partial charge in [-0.2, -0.15) is 4.98 Å². The van der Waals surface area contributed by atoms with Gasteiger partial charge in [-0.15, -0.1) is 0 Å². The molecule has 1 aromatic heterocycles. The number of carbonyl (C=O) groups is 1. The summed E-state index contributed by atoms with van der Waals surface area (Å²) >= 11 is 5.97. The number of carbonyl (C=O) groups excluding carboxylic acids is 1. The first-order valence-electron chi connectivity index (χ1n) is 7.50. The molecule has 0 aliphatic heterocycles. The van der Waals surface area contributed by atoms with E-state index >= 15 is 0 Å². The molecule has 0 fully saturated rings. The van der Waals surface area contributed by atoms with Crippen LogP contribution in [0.25, 0.3) is 11.4 Å². The SMILES string of the molecule is Cc1ccc(C(=O)N[C@@H](C)c2nc(-c3cccc(Cl)c3)no2)cc1. The van der Waals surface area contributed by atoms with Crippen molar-refractivity contribution in [2.75, 3.05) is 0 Å². The Morgan fingerprint density at radius 2 is 1.96 bits per heavy atom. The van der Waals surface area contributed by atoms with E-state index in [9.17, 15) is 4.79 Å². The van der Waals surface area contributed by atoms with Crippen LogP contribution >= 0.6 is 11.6 Å². The van der Waals surface area contributed by atoms with Crippen molar-refractivity contribution < 1.29 is 9.32 Å². The lowest BCUT2D eigenvalue weighted by atomic mass is 10.1. The van der Waals surface area contributed by atoms with Gasteiger partial charge in [-0.1, -0.05) is 46.6 Å². The lowest BCUT2D eigenvalue weighted by Crippen LogP contribution is -2.26. The number of aryl methyl sites for hydroxylation is 1. The summed E-state index contributed by atoms with van der Waals surface area (Å²) in [6, 6.07) is 14.1. The molecule has 1 heterocycles. The fourth-order valence-electron chi connectivity index (χ4n) is 2.20. The number of aromatic nitrogens is 2. The van der Waals surface area contributed by atoms with Crippen molar-refractivity contribution in [2.45, 2.75) is 19.9 Å². The fraction of sp³-hybridized carbons (Fsp3) is 0.167. The molecule has 122 valence electrons. The molecular weight excluding hydrogens is 326 g/mol. The Balaban J connectivity index is 1.73. The van der Waals surface area contributed by atoms with Gasteiger partial charge in [0.1, 0.15) is 6.04 Å². The Labute approximate surface area is 144 Å². The first-order valence-corrected chi connectivity index (χ1v) is 7.88. The number of hydrogen-bond acceptors (Lipinski definition) is 4. The summed E-state index contributed by atoms with van der Waals surface area (Å²) in [6.45, 7) is 3.77. The van der Waals surface area contributed by atoms with E-state index in [0.29, 0.717) is 22.3 Å². The molecule has 1 amide bonds. The van der Waals surface area contributed by atoms with Crippen LogP contribution in [-0.2, 0) is 0 Å². The van der Waals surface area contributed by atoms with Crippen LogP contribution in [0, 0.1) is 6.92 Å². The lowest BCUT2D eigenvalue weighted by molar-refractivity contribution is 0.0932. The average molecular weight is 342 g/mol. The van der Waals surface area contributed by atoms with Crippen molar-refractivity contribution in [3.05, 3.63) is 70.6 Å². The van der Waals surface area contributed by atoms with Crippen LogP contribution in [0.2, 0.25) is 5.02 Å². The Hall–Kier alpha value is -2.66. The summed E-state index contributed by atoms with van der Waals surface area (Å²) < 4.78 is 5.26. The summed E-state index contributed by atoms with van der Waals surface area (Å²) in [4.78, 5) is 16.6. The van der Waals surface area contributed by atoms with Crippen LogP contribution in [0.5, 0.6) is 0 Å². The minimum absolute atomic E-state index is 0.190. The molecule has 0 saturated heterocycles. The topological polar surface area (TPSA) is 68.0 Å². The van der Waals surface area contributed by atoms with Crippen molar-refractivity contribution in [1.29, 1.82) is 0 Å². The number of amides is 1. The number of rotatable bonds is 4. The van der Waals surface area contributed by atoms with Crippen LogP contribution in [0.15, 0.2) is 53.1 Å². The number of hydrogen-bond donors (Lipinski definition) is 1. The second-order valence-corrected chi connectivity index (χ2v) is 5.96. The summed E-state index contributed by atoms with van der Waals surface area (Å²) in [5.41, 5.74) is 2.44. The zero-order valence-corrected chi connectivity index (χ0v) is 14.0. The van der Waals surface area contributed by atoms with Crippen molar-refractivity contribution in [3.63, 3.8) is 0 Å². The van der Waals surface area contributed by atoms with Gasteiger partial charge in [0.2, 0.25) is 11.7 Å². The van der Waals surface area contributed by atoms with Gasteiger partial charge >= 0.3 is 0 Å². The molecule has 0 unspecified atom stereocenters. The van der Waals surface area contributed by atoms with Crippen molar-refractivity contribution in [2.24, 2.45) is 0 Å². The number of benzene rings is 2. The predicted octanol–water partition coefficient (Wildman–Crippen LogP) is 4.19. The zero-order chi connectivity index (χ0) is 17.1. The van der Waals surface area contributed by atoms with E-state index in [2.05, 4.69) is 15.5 Å². The molecule has 0 bridgehead atoms. The molecule has 6 heteroatoms. The third kappa shape index (κ3) is 3.63. The van der Waals surface area contributed by atoms with Gasteiger partial charge in [0.05, 0.1) is 0 Å². The first kappa shape index (κ1) is 16.2. The third-order valence-corrected chi connectivity index (χ3v) is 3.79. The average Bonchev–Trinajstić information content (AvgIpc) is 3.05. The summed E-state index contributed by atoms with van der Waals surface area (Å²) in [7, 11) is 0. The van der Waals surface area contributed by atoms with Gasteiger partial charge in [-0.3, -0.25) is 4.79 Å². The first-order chi connectivity index (χ1) is 11.5. The lowest BCUT2D eigenvalue weighted by Gasteiger charge is -2.09. The second-order valence-electron chi connectivity index (χ2n) is 5.53. The molecule has 1 N–H and O–H groups in total. The molecule has 0 aliphatic carbocycles. The number of nitrogens with zero attached hydrogens (tertiary/aromatic N) is 2. The molecule has 0 radical (unpaired) electrons. The van der Waals surface area contributed by atoms with E-state index in [1.165, 1.54) is 0 Å². The maximum Gasteiger partial charge on any atom is 0.251 e. The maximum atomic E-state index is 12.2. The highest BCUT2D eigenvalue weighted by Gasteiger charge is 2.18. The molecule has 1 atom stereocenters. The van der Waals surface area contributed by atoms with Crippen molar-refractivity contribution in [3.8, 4) is 11.4 Å². The Morgan fingerprint density at radius 1 is 1.21 bits per heavy atom. The van der Waals surface area contributed by atoms with Crippen LogP contribution in [-0.4, -0.2) is 16.0 Å². The van der Waals surface area contributed by atoms with Crippen LogP contribution < -0.4 is 5.32 Å². The third-order valence-electron chi connectivity index (χ3n) is 3.56. The van der Waals surface area contributed by atoms with Gasteiger partial charge < -0.3 is 9.84 Å². The standard InChI is InChI=1S/C18H16ClN3O2/c1-11-6-8-13(9-7-11)17(23)20-12(2)18-21-16(22-24-18)14-4-3-5-15(19)10-14/h3-10,12H,1-2H3,(H,20,23)/t12-/m0/s1. The fourth-order valence-corrected chi connectivity index (χ4v) is 2.39. The van der Waals surface area contributed by atoms with E-state index in [-0.39, 0.29) is 5.91 Å². The number of nitrogens with one attached hydrogen (secondary N) is 1. The Bertz CT molecular complexity index is 859. The van der Waals surface area contributed by atoms with Crippen LogP contribution in [0.3, 0.4) is 0 Å². The van der Waals surface area contributed by atoms with E-state index in [1.807, 2.05) is 31.2 Å². The van der Waals surface area contributed by atoms with Crippen molar-refractivity contribution >= 4 is 17.5 Å². The zero-order valence-electron chi connectivity index (χ0n) is 13.3. The molecule has 3 aromatic rings. The quantitative estimate of drug-likeness (QED) is 0.772. The Morgan fingerprint density at radius 3 is 2.67 bits per heavy atom. The number of halogens is 1. The maximum absolute atomic E-state index is 12.2. The Kier molecular flexibility index (Phi) is 4.62. The van der Waals surface area contributed by atoms with Gasteiger partial charge in [0.15, 0.2) is 0 Å². The largest absolute Gasteiger partial charge is 0.341 e. The van der Waals surface area contributed by atoms with Gasteiger partial charge in [0.25, 0.3) is 5.91 Å². The molecule has 2 aromatic carbocycles. The predicted molar refractivity (Wildman–Crippen MR) is 91.8 cm³/mol. The van der Waals surface area contributed by atoms with Gasteiger partial charge in [-0.25, -0.2) is 0 Å². The highest BCUT2D eigenvalue weighted by molar-refractivity contribution is 6.30. The molecule has 0 saturated carbocycles. The normalized spacial score (nSPS) is 12.0. The van der Waals surface area contributed by atoms with Crippen molar-refractivity contribution in [1.82, 2.24) is 15.5 Å². The second kappa shape index (κ2) is 6.84. The van der Waals surface area contributed by atoms with Gasteiger partial charge in [0, 0.05) is 16.1 Å². The van der Waals surface area contributed by atoms with Crippen LogP contribution in [0.4, 0.5) is 0 Å². The molecule has 0 aliphatic rings. The smallest absolute Gasteiger partial charge is 0.251 e. The van der Waals surface area contributed by atoms with E-state index in [0.717, 1.165) is 11.1 Å². The van der Waals surface area contributed by atoms with Gasteiger partial charge in [-0.05, 0) is 38.1 Å². The minimum Gasteiger partial charge on any atom is -0.341 e. The minimum atomic E-state index is -0.403. The monoisotopic (exact) mass is 341 g/mol. The molecule has 24 heavy (non-hydrogen) atoms.